The Kier molecular flexibility index (Phi) is 4.25. The molecule has 0 aromatic rings. The lowest BCUT2D eigenvalue weighted by Crippen LogP contribution is -2.51. The van der Waals surface area contributed by atoms with Crippen molar-refractivity contribution in [2.75, 3.05) is 6.54 Å². The molecule has 1 saturated carbocycles. The fourth-order valence-electron chi connectivity index (χ4n) is 1.97. The quantitative estimate of drug-likeness (QED) is 0.578. The van der Waals surface area contributed by atoms with Gasteiger partial charge in [0.2, 0.25) is 0 Å². The molecule has 0 saturated heterocycles. The maximum absolute atomic E-state index is 10.6. The van der Waals surface area contributed by atoms with Crippen LogP contribution in [0, 0.1) is 5.92 Å². The first-order valence-corrected chi connectivity index (χ1v) is 5.61. The molecule has 4 atom stereocenters. The van der Waals surface area contributed by atoms with E-state index in [-0.39, 0.29) is 6.10 Å². The average Bonchev–Trinajstić information content (AvgIpc) is 2.20. The fraction of sp³-hybridized carbons (Fsp3) is 0.909. The number of nitrogens with two attached hydrogens (primary N) is 1. The Morgan fingerprint density at radius 1 is 1.60 bits per heavy atom. The maximum Gasteiger partial charge on any atom is 0.140 e. The zero-order valence-corrected chi connectivity index (χ0v) is 9.57. The third-order valence-electron chi connectivity index (χ3n) is 3.16. The Hall–Kier alpha value is -0.450. The van der Waals surface area contributed by atoms with Crippen LogP contribution in [-0.4, -0.2) is 35.6 Å². The first-order valence-electron chi connectivity index (χ1n) is 5.61. The van der Waals surface area contributed by atoms with Crippen molar-refractivity contribution in [1.29, 1.82) is 0 Å². The lowest BCUT2D eigenvalue weighted by atomic mass is 9.84. The van der Waals surface area contributed by atoms with E-state index in [2.05, 4.69) is 12.2 Å². The predicted octanol–water partition coefficient (Wildman–Crippen LogP) is 0.0418. The Bertz CT molecular complexity index is 219. The summed E-state index contributed by atoms with van der Waals surface area (Å²) in [5, 5.41) is 12.9. The van der Waals surface area contributed by atoms with Gasteiger partial charge in [0, 0.05) is 12.6 Å². The first-order chi connectivity index (χ1) is 6.94. The Labute approximate surface area is 91.2 Å². The molecule has 4 nitrogen and oxygen atoms in total. The molecule has 0 amide bonds. The van der Waals surface area contributed by atoms with Crippen LogP contribution in [0.5, 0.6) is 0 Å². The van der Waals surface area contributed by atoms with Gasteiger partial charge < -0.3 is 21.0 Å². The van der Waals surface area contributed by atoms with Crippen molar-refractivity contribution in [3.63, 3.8) is 0 Å². The second-order valence-electron chi connectivity index (χ2n) is 5.06. The Balaban J connectivity index is 2.31. The van der Waals surface area contributed by atoms with Crippen LogP contribution < -0.4 is 11.1 Å². The highest BCUT2D eigenvalue weighted by Gasteiger charge is 2.27. The summed E-state index contributed by atoms with van der Waals surface area (Å²) in [5.74, 6) is 0.330. The summed E-state index contributed by atoms with van der Waals surface area (Å²) in [4.78, 5) is 10.6. The summed E-state index contributed by atoms with van der Waals surface area (Å²) in [7, 11) is 0. The number of nitrogens with one attached hydrogen (secondary N) is 1. The van der Waals surface area contributed by atoms with Crippen LogP contribution in [0.3, 0.4) is 0 Å². The molecule has 0 aliphatic heterocycles. The van der Waals surface area contributed by atoms with Gasteiger partial charge in [0.15, 0.2) is 0 Å². The molecule has 88 valence electrons. The molecule has 0 bridgehead atoms. The summed E-state index contributed by atoms with van der Waals surface area (Å²) in [6.07, 6.45) is 3.36. The van der Waals surface area contributed by atoms with Crippen molar-refractivity contribution in [3.05, 3.63) is 0 Å². The van der Waals surface area contributed by atoms with E-state index in [9.17, 15) is 9.90 Å². The molecule has 1 fully saturated rings. The zero-order chi connectivity index (χ0) is 11.5. The van der Waals surface area contributed by atoms with Gasteiger partial charge in [-0.05, 0) is 32.1 Å². The van der Waals surface area contributed by atoms with E-state index in [1.807, 2.05) is 0 Å². The van der Waals surface area contributed by atoms with Crippen molar-refractivity contribution in [2.24, 2.45) is 11.7 Å². The van der Waals surface area contributed by atoms with E-state index in [1.165, 1.54) is 0 Å². The maximum atomic E-state index is 10.6. The second kappa shape index (κ2) is 5.05. The van der Waals surface area contributed by atoms with Crippen LogP contribution in [0.15, 0.2) is 0 Å². The van der Waals surface area contributed by atoms with Crippen LogP contribution in [0.2, 0.25) is 0 Å². The second-order valence-corrected chi connectivity index (χ2v) is 5.06. The van der Waals surface area contributed by atoms with Gasteiger partial charge in [-0.2, -0.15) is 0 Å². The summed E-state index contributed by atoms with van der Waals surface area (Å²) in [6.45, 7) is 4.28. The number of aldehydes is 1. The molecule has 4 heteroatoms. The smallest absolute Gasteiger partial charge is 0.140 e. The fourth-order valence-corrected chi connectivity index (χ4v) is 1.97. The van der Waals surface area contributed by atoms with Crippen LogP contribution in [0.1, 0.15) is 33.1 Å². The first kappa shape index (κ1) is 12.6. The molecule has 4 unspecified atom stereocenters. The minimum absolute atomic E-state index is 0.168. The van der Waals surface area contributed by atoms with Crippen LogP contribution in [0.4, 0.5) is 0 Å². The molecule has 0 aromatic heterocycles. The molecule has 1 aliphatic rings. The van der Waals surface area contributed by atoms with Crippen molar-refractivity contribution >= 4 is 6.29 Å². The van der Waals surface area contributed by atoms with Gasteiger partial charge in [-0.15, -0.1) is 0 Å². The minimum atomic E-state index is -0.778. The van der Waals surface area contributed by atoms with Crippen LogP contribution >= 0.6 is 0 Å². The number of rotatable bonds is 4. The number of carbonyl (C=O) groups is 1. The molecule has 1 aliphatic carbocycles. The normalized spacial score (nSPS) is 35.9. The number of aliphatic hydroxyl groups excluding tert-OH is 1. The summed E-state index contributed by atoms with van der Waals surface area (Å²) < 4.78 is 0. The lowest BCUT2D eigenvalue weighted by Gasteiger charge is -2.33. The minimum Gasteiger partial charge on any atom is -0.393 e. The third-order valence-corrected chi connectivity index (χ3v) is 3.16. The topological polar surface area (TPSA) is 75.3 Å². The molecule has 0 radical (unpaired) electrons. The van der Waals surface area contributed by atoms with Crippen molar-refractivity contribution in [2.45, 2.75) is 50.8 Å². The number of carbonyl (C=O) groups excluding carboxylic acids is 1. The lowest BCUT2D eigenvalue weighted by molar-refractivity contribution is -0.111. The molecule has 0 aromatic carbocycles. The van der Waals surface area contributed by atoms with E-state index in [0.29, 0.717) is 18.5 Å². The van der Waals surface area contributed by atoms with Gasteiger partial charge in [0.25, 0.3) is 0 Å². The monoisotopic (exact) mass is 214 g/mol. The number of hydrogen-bond donors (Lipinski definition) is 3. The largest absolute Gasteiger partial charge is 0.393 e. The van der Waals surface area contributed by atoms with E-state index >= 15 is 0 Å². The number of aliphatic hydroxyl groups is 1. The van der Waals surface area contributed by atoms with E-state index in [4.69, 9.17) is 5.73 Å². The zero-order valence-electron chi connectivity index (χ0n) is 9.57. The van der Waals surface area contributed by atoms with Crippen molar-refractivity contribution < 1.29 is 9.90 Å². The van der Waals surface area contributed by atoms with Gasteiger partial charge in [0.05, 0.1) is 11.6 Å². The molecule has 0 heterocycles. The van der Waals surface area contributed by atoms with E-state index < -0.39 is 5.54 Å². The van der Waals surface area contributed by atoms with Gasteiger partial charge in [-0.3, -0.25) is 0 Å². The SMILES string of the molecule is CC1CC(NCC(C)(N)C=O)CCC1O. The van der Waals surface area contributed by atoms with Gasteiger partial charge in [-0.1, -0.05) is 6.92 Å². The highest BCUT2D eigenvalue weighted by atomic mass is 16.3. The van der Waals surface area contributed by atoms with Gasteiger partial charge in [0.1, 0.15) is 6.29 Å². The van der Waals surface area contributed by atoms with Crippen LogP contribution in [-0.2, 0) is 4.79 Å². The standard InChI is InChI=1S/C11H22N2O2/c1-8-5-9(3-4-10(8)15)13-6-11(2,12)7-14/h7-10,13,15H,3-6,12H2,1-2H3. The highest BCUT2D eigenvalue weighted by Crippen LogP contribution is 2.24. The molecule has 0 spiro atoms. The van der Waals surface area contributed by atoms with Crippen LogP contribution in [0.25, 0.3) is 0 Å². The molecular weight excluding hydrogens is 192 g/mol. The Morgan fingerprint density at radius 3 is 2.80 bits per heavy atom. The molecule has 1 rings (SSSR count). The summed E-state index contributed by atoms with van der Waals surface area (Å²) >= 11 is 0. The van der Waals surface area contributed by atoms with Gasteiger partial charge >= 0.3 is 0 Å². The van der Waals surface area contributed by atoms with Crippen molar-refractivity contribution in [3.8, 4) is 0 Å². The molecule has 4 N–H and O–H groups in total. The average molecular weight is 214 g/mol. The highest BCUT2D eigenvalue weighted by molar-refractivity contribution is 5.63. The number of hydrogen-bond acceptors (Lipinski definition) is 4. The summed E-state index contributed by atoms with van der Waals surface area (Å²) in [6, 6.07) is 0.381. The van der Waals surface area contributed by atoms with Crippen molar-refractivity contribution in [1.82, 2.24) is 5.32 Å². The molecule has 15 heavy (non-hydrogen) atoms. The molecular formula is C11H22N2O2. The third kappa shape index (κ3) is 3.89. The van der Waals surface area contributed by atoms with E-state index in [0.717, 1.165) is 25.5 Å². The summed E-state index contributed by atoms with van der Waals surface area (Å²) in [5.41, 5.74) is 4.94. The van der Waals surface area contributed by atoms with E-state index in [1.54, 1.807) is 6.92 Å². The van der Waals surface area contributed by atoms with Gasteiger partial charge in [-0.25, -0.2) is 0 Å². The predicted molar refractivity (Wildman–Crippen MR) is 59.5 cm³/mol. The Morgan fingerprint density at radius 2 is 2.27 bits per heavy atom.